The standard InChI is InChI=1S/C10H14ClN5O/c1-3-17-5-7(2)14-9-4-8(11)15-10-12-6-13-16(9)10/h4,6-7,14H,3,5H2,1-2H3. The second-order valence-electron chi connectivity index (χ2n) is 3.64. The lowest BCUT2D eigenvalue weighted by Crippen LogP contribution is -2.23. The van der Waals surface area contributed by atoms with Crippen molar-refractivity contribution >= 4 is 23.2 Å². The molecule has 1 atom stereocenters. The molecule has 0 aliphatic carbocycles. The van der Waals surface area contributed by atoms with Crippen LogP contribution in [0.5, 0.6) is 0 Å². The molecule has 0 bridgehead atoms. The van der Waals surface area contributed by atoms with Crippen molar-refractivity contribution in [2.75, 3.05) is 18.5 Å². The third-order valence-electron chi connectivity index (χ3n) is 2.19. The van der Waals surface area contributed by atoms with Gasteiger partial charge in [-0.25, -0.2) is 0 Å². The smallest absolute Gasteiger partial charge is 0.255 e. The van der Waals surface area contributed by atoms with Crippen LogP contribution in [-0.2, 0) is 4.74 Å². The van der Waals surface area contributed by atoms with Crippen LogP contribution >= 0.6 is 11.6 Å². The summed E-state index contributed by atoms with van der Waals surface area (Å²) >= 11 is 5.91. The first-order chi connectivity index (χ1) is 8.20. The molecule has 0 fully saturated rings. The first-order valence-electron chi connectivity index (χ1n) is 5.41. The molecule has 0 spiro atoms. The molecule has 2 heterocycles. The first kappa shape index (κ1) is 12.1. The zero-order chi connectivity index (χ0) is 12.3. The summed E-state index contributed by atoms with van der Waals surface area (Å²) in [6.45, 7) is 5.30. The molecule has 2 rings (SSSR count). The number of nitrogens with zero attached hydrogens (tertiary/aromatic N) is 4. The van der Waals surface area contributed by atoms with E-state index in [-0.39, 0.29) is 6.04 Å². The molecular weight excluding hydrogens is 242 g/mol. The summed E-state index contributed by atoms with van der Waals surface area (Å²) in [5.74, 6) is 1.23. The van der Waals surface area contributed by atoms with Gasteiger partial charge in [-0.3, -0.25) is 0 Å². The Kier molecular flexibility index (Phi) is 3.75. The predicted octanol–water partition coefficient (Wildman–Crippen LogP) is 1.61. The Balaban J connectivity index is 2.19. The first-order valence-corrected chi connectivity index (χ1v) is 5.79. The van der Waals surface area contributed by atoms with Gasteiger partial charge < -0.3 is 10.1 Å². The summed E-state index contributed by atoms with van der Waals surface area (Å²) < 4.78 is 6.94. The van der Waals surface area contributed by atoms with Gasteiger partial charge >= 0.3 is 0 Å². The summed E-state index contributed by atoms with van der Waals surface area (Å²) in [5.41, 5.74) is 0. The van der Waals surface area contributed by atoms with Gasteiger partial charge in [-0.05, 0) is 13.8 Å². The summed E-state index contributed by atoms with van der Waals surface area (Å²) in [6.07, 6.45) is 1.44. The van der Waals surface area contributed by atoms with E-state index in [2.05, 4.69) is 20.4 Å². The molecule has 0 aromatic carbocycles. The fraction of sp³-hybridized carbons (Fsp3) is 0.500. The zero-order valence-corrected chi connectivity index (χ0v) is 10.5. The molecule has 2 aromatic heterocycles. The third-order valence-corrected chi connectivity index (χ3v) is 2.38. The number of hydrogen-bond acceptors (Lipinski definition) is 5. The maximum atomic E-state index is 5.91. The molecule has 1 unspecified atom stereocenters. The lowest BCUT2D eigenvalue weighted by atomic mass is 10.3. The topological polar surface area (TPSA) is 64.3 Å². The van der Waals surface area contributed by atoms with Crippen molar-refractivity contribution in [2.45, 2.75) is 19.9 Å². The fourth-order valence-corrected chi connectivity index (χ4v) is 1.65. The second kappa shape index (κ2) is 5.29. The van der Waals surface area contributed by atoms with E-state index >= 15 is 0 Å². The number of rotatable bonds is 5. The van der Waals surface area contributed by atoms with Crippen LogP contribution in [0.4, 0.5) is 5.82 Å². The van der Waals surface area contributed by atoms with Crippen LogP contribution in [0.25, 0.3) is 5.78 Å². The number of nitrogens with one attached hydrogen (secondary N) is 1. The molecule has 0 saturated heterocycles. The van der Waals surface area contributed by atoms with Gasteiger partial charge in [-0.2, -0.15) is 19.6 Å². The predicted molar refractivity (Wildman–Crippen MR) is 65.4 cm³/mol. The quantitative estimate of drug-likeness (QED) is 0.823. The highest BCUT2D eigenvalue weighted by atomic mass is 35.5. The normalized spacial score (nSPS) is 12.9. The lowest BCUT2D eigenvalue weighted by Gasteiger charge is -2.15. The molecule has 92 valence electrons. The fourth-order valence-electron chi connectivity index (χ4n) is 1.47. The number of halogens is 1. The molecule has 7 heteroatoms. The summed E-state index contributed by atoms with van der Waals surface area (Å²) in [7, 11) is 0. The number of fused-ring (bicyclic) bond motifs is 1. The number of anilines is 1. The van der Waals surface area contributed by atoms with Crippen molar-refractivity contribution in [3.8, 4) is 0 Å². The maximum absolute atomic E-state index is 5.91. The molecule has 17 heavy (non-hydrogen) atoms. The Morgan fingerprint density at radius 3 is 3.18 bits per heavy atom. The van der Waals surface area contributed by atoms with Gasteiger partial charge in [-0.1, -0.05) is 11.6 Å². The lowest BCUT2D eigenvalue weighted by molar-refractivity contribution is 0.141. The average molecular weight is 256 g/mol. The van der Waals surface area contributed by atoms with E-state index in [0.29, 0.717) is 24.1 Å². The monoisotopic (exact) mass is 255 g/mol. The highest BCUT2D eigenvalue weighted by Crippen LogP contribution is 2.15. The Bertz CT molecular complexity index is 500. The van der Waals surface area contributed by atoms with Crippen LogP contribution in [0.1, 0.15) is 13.8 Å². The zero-order valence-electron chi connectivity index (χ0n) is 9.72. The summed E-state index contributed by atoms with van der Waals surface area (Å²) in [4.78, 5) is 8.04. The molecule has 0 saturated carbocycles. The molecule has 6 nitrogen and oxygen atoms in total. The van der Waals surface area contributed by atoms with Crippen LogP contribution < -0.4 is 5.32 Å². The Morgan fingerprint density at radius 2 is 2.41 bits per heavy atom. The van der Waals surface area contributed by atoms with E-state index in [1.807, 2.05) is 13.8 Å². The summed E-state index contributed by atoms with van der Waals surface area (Å²) in [5, 5.41) is 7.72. The second-order valence-corrected chi connectivity index (χ2v) is 4.03. The van der Waals surface area contributed by atoms with Crippen molar-refractivity contribution in [1.29, 1.82) is 0 Å². The van der Waals surface area contributed by atoms with E-state index in [1.54, 1.807) is 10.6 Å². The minimum absolute atomic E-state index is 0.154. The number of hydrogen-bond donors (Lipinski definition) is 1. The maximum Gasteiger partial charge on any atom is 0.255 e. The Labute approximate surface area is 104 Å². The molecule has 2 aromatic rings. The SMILES string of the molecule is CCOCC(C)Nc1cc(Cl)nc2ncnn12. The van der Waals surface area contributed by atoms with E-state index in [1.165, 1.54) is 6.33 Å². The molecule has 0 radical (unpaired) electrons. The van der Waals surface area contributed by atoms with E-state index in [4.69, 9.17) is 16.3 Å². The van der Waals surface area contributed by atoms with Crippen LogP contribution in [0.15, 0.2) is 12.4 Å². The largest absolute Gasteiger partial charge is 0.380 e. The molecule has 0 aliphatic rings. The van der Waals surface area contributed by atoms with E-state index in [9.17, 15) is 0 Å². The van der Waals surface area contributed by atoms with Gasteiger partial charge in [0.25, 0.3) is 5.78 Å². The minimum atomic E-state index is 0.154. The van der Waals surface area contributed by atoms with Crippen molar-refractivity contribution in [2.24, 2.45) is 0 Å². The molecule has 0 amide bonds. The van der Waals surface area contributed by atoms with Crippen molar-refractivity contribution in [3.05, 3.63) is 17.5 Å². The highest BCUT2D eigenvalue weighted by Gasteiger charge is 2.09. The van der Waals surface area contributed by atoms with Gasteiger partial charge in [0, 0.05) is 18.7 Å². The van der Waals surface area contributed by atoms with Crippen LogP contribution in [0.3, 0.4) is 0 Å². The third kappa shape index (κ3) is 2.83. The Morgan fingerprint density at radius 1 is 1.59 bits per heavy atom. The van der Waals surface area contributed by atoms with Crippen LogP contribution in [0.2, 0.25) is 5.15 Å². The minimum Gasteiger partial charge on any atom is -0.380 e. The van der Waals surface area contributed by atoms with Crippen molar-refractivity contribution in [3.63, 3.8) is 0 Å². The molecule has 1 N–H and O–H groups in total. The number of ether oxygens (including phenoxy) is 1. The van der Waals surface area contributed by atoms with Gasteiger partial charge in [0.15, 0.2) is 0 Å². The van der Waals surface area contributed by atoms with Crippen LogP contribution in [-0.4, -0.2) is 38.8 Å². The Hall–Kier alpha value is -1.40. The van der Waals surface area contributed by atoms with Crippen molar-refractivity contribution in [1.82, 2.24) is 19.6 Å². The molecule has 0 aliphatic heterocycles. The number of aromatic nitrogens is 4. The van der Waals surface area contributed by atoms with E-state index < -0.39 is 0 Å². The van der Waals surface area contributed by atoms with Gasteiger partial charge in [0.05, 0.1) is 6.61 Å². The average Bonchev–Trinajstić information content (AvgIpc) is 2.74. The van der Waals surface area contributed by atoms with E-state index in [0.717, 1.165) is 5.82 Å². The summed E-state index contributed by atoms with van der Waals surface area (Å²) in [6, 6.07) is 1.87. The van der Waals surface area contributed by atoms with Gasteiger partial charge in [0.2, 0.25) is 0 Å². The molecular formula is C10H14ClN5O. The van der Waals surface area contributed by atoms with Crippen molar-refractivity contribution < 1.29 is 4.74 Å². The van der Waals surface area contributed by atoms with Gasteiger partial charge in [0.1, 0.15) is 17.3 Å². The van der Waals surface area contributed by atoms with Crippen LogP contribution in [0, 0.1) is 0 Å². The highest BCUT2D eigenvalue weighted by molar-refractivity contribution is 6.29. The van der Waals surface area contributed by atoms with Gasteiger partial charge in [-0.15, -0.1) is 0 Å².